The van der Waals surface area contributed by atoms with Crippen LogP contribution in [0.4, 0.5) is 0 Å². The minimum atomic E-state index is -0.491. The normalized spacial score (nSPS) is 11.9. The van der Waals surface area contributed by atoms with Crippen molar-refractivity contribution in [3.63, 3.8) is 0 Å². The average Bonchev–Trinajstić information content (AvgIpc) is 2.77. The quantitative estimate of drug-likeness (QED) is 0.402. The van der Waals surface area contributed by atoms with Crippen molar-refractivity contribution in [1.29, 1.82) is 0 Å². The molecular formula is C25H32Cl2N2O2S. The summed E-state index contributed by atoms with van der Waals surface area (Å²) in [6.45, 7) is 7.13. The summed E-state index contributed by atoms with van der Waals surface area (Å²) in [6.07, 6.45) is 1.26. The molecule has 174 valence electrons. The minimum absolute atomic E-state index is 0.0549. The van der Waals surface area contributed by atoms with Gasteiger partial charge in [-0.2, -0.15) is 0 Å². The summed E-state index contributed by atoms with van der Waals surface area (Å²) in [4.78, 5) is 27.8. The molecule has 0 aliphatic heterocycles. The molecule has 0 heterocycles. The first-order valence-corrected chi connectivity index (χ1v) is 12.9. The third-order valence-electron chi connectivity index (χ3n) is 5.09. The van der Waals surface area contributed by atoms with Crippen LogP contribution >= 0.6 is 35.0 Å². The SMILES string of the molecule is CCC(C(=O)NCC(C)C)N(CCc1ccccc1)C(=O)CSCc1c(Cl)cccc1Cl. The highest BCUT2D eigenvalue weighted by Crippen LogP contribution is 2.28. The van der Waals surface area contributed by atoms with Crippen molar-refractivity contribution in [3.05, 3.63) is 69.7 Å². The number of halogens is 2. The lowest BCUT2D eigenvalue weighted by molar-refractivity contribution is -0.138. The number of nitrogens with one attached hydrogen (secondary N) is 1. The molecule has 0 bridgehead atoms. The Morgan fingerprint density at radius 2 is 1.69 bits per heavy atom. The lowest BCUT2D eigenvalue weighted by Gasteiger charge is -2.31. The van der Waals surface area contributed by atoms with Gasteiger partial charge in [0.15, 0.2) is 0 Å². The third-order valence-corrected chi connectivity index (χ3v) is 6.74. The largest absolute Gasteiger partial charge is 0.354 e. The number of carbonyl (C=O) groups excluding carboxylic acids is 2. The predicted octanol–water partition coefficient (Wildman–Crippen LogP) is 5.85. The van der Waals surface area contributed by atoms with E-state index in [-0.39, 0.29) is 17.6 Å². The second kappa shape index (κ2) is 13.8. The van der Waals surface area contributed by atoms with Crippen molar-refractivity contribution in [1.82, 2.24) is 10.2 Å². The van der Waals surface area contributed by atoms with E-state index in [4.69, 9.17) is 23.2 Å². The zero-order valence-electron chi connectivity index (χ0n) is 18.9. The molecule has 0 aromatic heterocycles. The summed E-state index contributed by atoms with van der Waals surface area (Å²) in [5.74, 6) is 0.987. The monoisotopic (exact) mass is 494 g/mol. The van der Waals surface area contributed by atoms with E-state index in [0.717, 1.165) is 11.1 Å². The van der Waals surface area contributed by atoms with Gasteiger partial charge in [-0.1, -0.05) is 80.4 Å². The molecule has 0 saturated heterocycles. The van der Waals surface area contributed by atoms with Crippen LogP contribution in [0.25, 0.3) is 0 Å². The van der Waals surface area contributed by atoms with Crippen LogP contribution in [-0.4, -0.2) is 41.6 Å². The van der Waals surface area contributed by atoms with E-state index in [2.05, 4.69) is 19.2 Å². The van der Waals surface area contributed by atoms with Gasteiger partial charge in [0, 0.05) is 28.9 Å². The number of thioether (sulfide) groups is 1. The van der Waals surface area contributed by atoms with Gasteiger partial charge in [0.05, 0.1) is 5.75 Å². The standard InChI is InChI=1S/C25H32Cl2N2O2S/c1-4-23(25(31)28-15-18(2)3)29(14-13-19-9-6-5-7-10-19)24(30)17-32-16-20-21(26)11-8-12-22(20)27/h5-12,18,23H,4,13-17H2,1-3H3,(H,28,31). The summed E-state index contributed by atoms with van der Waals surface area (Å²) in [6, 6.07) is 14.9. The molecule has 2 aromatic carbocycles. The maximum absolute atomic E-state index is 13.2. The zero-order chi connectivity index (χ0) is 23.5. The maximum atomic E-state index is 13.2. The van der Waals surface area contributed by atoms with Crippen molar-refractivity contribution in [3.8, 4) is 0 Å². The molecule has 7 heteroatoms. The van der Waals surface area contributed by atoms with Gasteiger partial charge in [0.2, 0.25) is 11.8 Å². The fraction of sp³-hybridized carbons (Fsp3) is 0.440. The molecule has 2 rings (SSSR count). The molecule has 1 atom stereocenters. The highest BCUT2D eigenvalue weighted by Gasteiger charge is 2.28. The van der Waals surface area contributed by atoms with Crippen LogP contribution in [0.1, 0.15) is 38.3 Å². The maximum Gasteiger partial charge on any atom is 0.242 e. The number of rotatable bonds is 12. The van der Waals surface area contributed by atoms with Gasteiger partial charge >= 0.3 is 0 Å². The Hall–Kier alpha value is -1.69. The van der Waals surface area contributed by atoms with Gasteiger partial charge in [-0.05, 0) is 42.0 Å². The second-order valence-electron chi connectivity index (χ2n) is 8.08. The van der Waals surface area contributed by atoms with Crippen LogP contribution in [0.3, 0.4) is 0 Å². The van der Waals surface area contributed by atoms with Crippen LogP contribution < -0.4 is 5.32 Å². The topological polar surface area (TPSA) is 49.4 Å². The van der Waals surface area contributed by atoms with Crippen LogP contribution in [0, 0.1) is 5.92 Å². The van der Waals surface area contributed by atoms with E-state index >= 15 is 0 Å². The van der Waals surface area contributed by atoms with E-state index in [9.17, 15) is 9.59 Å². The molecule has 0 aliphatic carbocycles. The fourth-order valence-electron chi connectivity index (χ4n) is 3.31. The predicted molar refractivity (Wildman–Crippen MR) is 136 cm³/mol. The minimum Gasteiger partial charge on any atom is -0.354 e. The van der Waals surface area contributed by atoms with Crippen LogP contribution in [0.2, 0.25) is 10.0 Å². The third kappa shape index (κ3) is 8.34. The molecule has 2 aromatic rings. The number of hydrogen-bond donors (Lipinski definition) is 1. The molecule has 4 nitrogen and oxygen atoms in total. The fourth-order valence-corrected chi connectivity index (χ4v) is 4.96. The Morgan fingerprint density at radius 1 is 1.03 bits per heavy atom. The van der Waals surface area contributed by atoms with Gasteiger partial charge < -0.3 is 10.2 Å². The van der Waals surface area contributed by atoms with Crippen molar-refractivity contribution < 1.29 is 9.59 Å². The Bertz CT molecular complexity index is 857. The lowest BCUT2D eigenvalue weighted by atomic mass is 10.1. The first-order chi connectivity index (χ1) is 15.3. The van der Waals surface area contributed by atoms with E-state index in [1.165, 1.54) is 11.8 Å². The van der Waals surface area contributed by atoms with E-state index < -0.39 is 6.04 Å². The van der Waals surface area contributed by atoms with E-state index in [1.807, 2.05) is 37.3 Å². The highest BCUT2D eigenvalue weighted by atomic mass is 35.5. The smallest absolute Gasteiger partial charge is 0.242 e. The number of nitrogens with zero attached hydrogens (tertiary/aromatic N) is 1. The second-order valence-corrected chi connectivity index (χ2v) is 9.88. The molecule has 0 radical (unpaired) electrons. The summed E-state index contributed by atoms with van der Waals surface area (Å²) in [5.41, 5.74) is 1.96. The highest BCUT2D eigenvalue weighted by molar-refractivity contribution is 7.99. The molecule has 0 spiro atoms. The van der Waals surface area contributed by atoms with Gasteiger partial charge in [-0.25, -0.2) is 0 Å². The Morgan fingerprint density at radius 3 is 2.28 bits per heavy atom. The lowest BCUT2D eigenvalue weighted by Crippen LogP contribution is -2.51. The Labute approximate surface area is 206 Å². The summed E-state index contributed by atoms with van der Waals surface area (Å²) >= 11 is 14.0. The average molecular weight is 496 g/mol. The van der Waals surface area contributed by atoms with Crippen molar-refractivity contribution in [2.75, 3.05) is 18.8 Å². The molecule has 1 unspecified atom stereocenters. The molecule has 0 aliphatic rings. The van der Waals surface area contributed by atoms with Crippen molar-refractivity contribution >= 4 is 46.8 Å². The van der Waals surface area contributed by atoms with Crippen molar-refractivity contribution in [2.24, 2.45) is 5.92 Å². The Kier molecular flexibility index (Phi) is 11.4. The summed E-state index contributed by atoms with van der Waals surface area (Å²) in [5, 5.41) is 4.18. The van der Waals surface area contributed by atoms with Gasteiger partial charge in [0.1, 0.15) is 6.04 Å². The number of benzene rings is 2. The molecule has 2 amide bonds. The first kappa shape index (κ1) is 26.6. The molecule has 0 fully saturated rings. The van der Waals surface area contributed by atoms with Gasteiger partial charge in [0.25, 0.3) is 0 Å². The van der Waals surface area contributed by atoms with Crippen LogP contribution in [0.5, 0.6) is 0 Å². The molecule has 32 heavy (non-hydrogen) atoms. The molecule has 1 N–H and O–H groups in total. The number of amides is 2. The van der Waals surface area contributed by atoms with Crippen LogP contribution in [0.15, 0.2) is 48.5 Å². The zero-order valence-corrected chi connectivity index (χ0v) is 21.3. The first-order valence-electron chi connectivity index (χ1n) is 10.9. The van der Waals surface area contributed by atoms with Crippen LogP contribution in [-0.2, 0) is 21.8 Å². The number of carbonyl (C=O) groups is 2. The van der Waals surface area contributed by atoms with E-state index in [0.29, 0.717) is 47.6 Å². The van der Waals surface area contributed by atoms with Crippen molar-refractivity contribution in [2.45, 2.75) is 45.4 Å². The number of hydrogen-bond acceptors (Lipinski definition) is 3. The molecule has 0 saturated carbocycles. The summed E-state index contributed by atoms with van der Waals surface area (Å²) in [7, 11) is 0. The van der Waals surface area contributed by atoms with Gasteiger partial charge in [-0.3, -0.25) is 9.59 Å². The molecular weight excluding hydrogens is 463 g/mol. The Balaban J connectivity index is 2.08. The summed E-state index contributed by atoms with van der Waals surface area (Å²) < 4.78 is 0. The van der Waals surface area contributed by atoms with E-state index in [1.54, 1.807) is 23.1 Å². The van der Waals surface area contributed by atoms with Gasteiger partial charge in [-0.15, -0.1) is 11.8 Å².